The lowest BCUT2D eigenvalue weighted by atomic mass is 10.1. The summed E-state index contributed by atoms with van der Waals surface area (Å²) in [4.78, 5) is 7.53. The van der Waals surface area contributed by atoms with Crippen molar-refractivity contribution in [3.8, 4) is 10.6 Å². The van der Waals surface area contributed by atoms with E-state index in [9.17, 15) is 4.39 Å². The van der Waals surface area contributed by atoms with Gasteiger partial charge in [0, 0.05) is 49.7 Å². The fraction of sp³-hybridized carbons (Fsp3) is 0.238. The molecule has 5 nitrogen and oxygen atoms in total. The predicted molar refractivity (Wildman–Crippen MR) is 109 cm³/mol. The third-order valence-corrected chi connectivity index (χ3v) is 5.57. The number of aryl methyl sites for hydroxylation is 1. The monoisotopic (exact) mass is 395 g/mol. The molecule has 0 aliphatic carbocycles. The number of imidazole rings is 1. The third kappa shape index (κ3) is 4.55. The van der Waals surface area contributed by atoms with Crippen molar-refractivity contribution in [2.24, 2.45) is 0 Å². The first-order valence-electron chi connectivity index (χ1n) is 9.27. The highest BCUT2D eigenvalue weighted by atomic mass is 32.1. The lowest BCUT2D eigenvalue weighted by molar-refractivity contribution is 0.245. The molecule has 3 heterocycles. The van der Waals surface area contributed by atoms with Gasteiger partial charge in [0.2, 0.25) is 0 Å². The highest BCUT2D eigenvalue weighted by Gasteiger charge is 2.15. The van der Waals surface area contributed by atoms with Crippen LogP contribution in [0, 0.1) is 5.82 Å². The summed E-state index contributed by atoms with van der Waals surface area (Å²) in [5, 5.41) is 9.42. The Hall–Kier alpha value is -2.77. The van der Waals surface area contributed by atoms with Gasteiger partial charge in [-0.15, -0.1) is 11.3 Å². The summed E-state index contributed by atoms with van der Waals surface area (Å²) in [5.74, 6) is -0.159. The maximum atomic E-state index is 14.2. The van der Waals surface area contributed by atoms with Gasteiger partial charge in [-0.1, -0.05) is 24.3 Å². The van der Waals surface area contributed by atoms with Crippen LogP contribution in [0.5, 0.6) is 0 Å². The van der Waals surface area contributed by atoms with Crippen LogP contribution in [0.25, 0.3) is 10.6 Å². The van der Waals surface area contributed by atoms with Gasteiger partial charge < -0.3 is 4.57 Å². The summed E-state index contributed by atoms with van der Waals surface area (Å²) in [6.45, 7) is 3.01. The van der Waals surface area contributed by atoms with Crippen molar-refractivity contribution in [1.29, 1.82) is 0 Å². The number of halogens is 1. The Bertz CT molecular complexity index is 978. The number of H-pyrrole nitrogens is 1. The molecule has 4 aromatic rings. The minimum atomic E-state index is -0.159. The summed E-state index contributed by atoms with van der Waals surface area (Å²) in [7, 11) is 0. The van der Waals surface area contributed by atoms with Crippen LogP contribution in [-0.4, -0.2) is 31.2 Å². The minimum absolute atomic E-state index is 0.159. The highest BCUT2D eigenvalue weighted by molar-refractivity contribution is 7.13. The van der Waals surface area contributed by atoms with Crippen LogP contribution in [0.4, 0.5) is 4.39 Å². The number of nitrogens with zero attached hydrogens (tertiary/aromatic N) is 4. The lowest BCUT2D eigenvalue weighted by Gasteiger charge is -2.23. The van der Waals surface area contributed by atoms with E-state index in [1.54, 1.807) is 23.6 Å². The molecule has 1 N–H and O–H groups in total. The molecule has 0 aliphatic rings. The average Bonchev–Trinajstić information content (AvgIpc) is 3.46. The molecule has 0 radical (unpaired) electrons. The second-order valence-electron chi connectivity index (χ2n) is 6.70. The molecule has 7 heteroatoms. The van der Waals surface area contributed by atoms with Gasteiger partial charge in [0.25, 0.3) is 0 Å². The van der Waals surface area contributed by atoms with Crippen LogP contribution >= 0.6 is 11.3 Å². The normalized spacial score (nSPS) is 11.4. The summed E-state index contributed by atoms with van der Waals surface area (Å²) in [6.07, 6.45) is 8.41. The van der Waals surface area contributed by atoms with Gasteiger partial charge in [-0.25, -0.2) is 9.37 Å². The lowest BCUT2D eigenvalue weighted by Crippen LogP contribution is -2.25. The number of hydrogen-bond donors (Lipinski definition) is 1. The van der Waals surface area contributed by atoms with Gasteiger partial charge >= 0.3 is 0 Å². The maximum Gasteiger partial charge on any atom is 0.127 e. The number of aromatic amines is 1. The van der Waals surface area contributed by atoms with E-state index < -0.39 is 0 Å². The molecule has 3 aromatic heterocycles. The Labute approximate surface area is 167 Å². The van der Waals surface area contributed by atoms with E-state index in [1.807, 2.05) is 36.9 Å². The van der Waals surface area contributed by atoms with Crippen molar-refractivity contribution >= 4 is 11.3 Å². The fourth-order valence-electron chi connectivity index (χ4n) is 3.28. The van der Waals surface area contributed by atoms with Crippen molar-refractivity contribution < 1.29 is 4.39 Å². The van der Waals surface area contributed by atoms with Gasteiger partial charge in [0.15, 0.2) is 0 Å². The average molecular weight is 396 g/mol. The molecular formula is C21H22FN5S. The molecule has 0 atom stereocenters. The van der Waals surface area contributed by atoms with Crippen LogP contribution in [0.3, 0.4) is 0 Å². The first-order valence-corrected chi connectivity index (χ1v) is 10.1. The molecule has 1 aromatic carbocycles. The Kier molecular flexibility index (Phi) is 5.94. The molecule has 0 amide bonds. The summed E-state index contributed by atoms with van der Waals surface area (Å²) >= 11 is 1.68. The van der Waals surface area contributed by atoms with E-state index in [1.165, 1.54) is 6.07 Å². The van der Waals surface area contributed by atoms with E-state index in [4.69, 9.17) is 0 Å². The van der Waals surface area contributed by atoms with Gasteiger partial charge in [-0.3, -0.25) is 10.00 Å². The van der Waals surface area contributed by atoms with E-state index in [-0.39, 0.29) is 5.82 Å². The van der Waals surface area contributed by atoms with Gasteiger partial charge in [-0.2, -0.15) is 5.10 Å². The molecule has 0 saturated heterocycles. The highest BCUT2D eigenvalue weighted by Crippen LogP contribution is 2.27. The first-order chi connectivity index (χ1) is 13.8. The maximum absolute atomic E-state index is 14.2. The van der Waals surface area contributed by atoms with Gasteiger partial charge in [0.05, 0.1) is 23.1 Å². The van der Waals surface area contributed by atoms with E-state index in [0.29, 0.717) is 18.7 Å². The summed E-state index contributed by atoms with van der Waals surface area (Å²) in [6, 6.07) is 11.1. The number of nitrogens with one attached hydrogen (secondary N) is 1. The van der Waals surface area contributed by atoms with Gasteiger partial charge in [0.1, 0.15) is 5.82 Å². The molecule has 144 valence electrons. The largest absolute Gasteiger partial charge is 0.337 e. The van der Waals surface area contributed by atoms with Crippen molar-refractivity contribution in [2.75, 3.05) is 6.54 Å². The van der Waals surface area contributed by atoms with Crippen LogP contribution in [0.1, 0.15) is 17.5 Å². The molecule has 0 bridgehead atoms. The van der Waals surface area contributed by atoms with E-state index >= 15 is 0 Å². The van der Waals surface area contributed by atoms with Crippen molar-refractivity contribution in [3.05, 3.63) is 83.6 Å². The number of hydrogen-bond acceptors (Lipinski definition) is 4. The van der Waals surface area contributed by atoms with Crippen molar-refractivity contribution in [1.82, 2.24) is 24.6 Å². The molecule has 0 spiro atoms. The van der Waals surface area contributed by atoms with Gasteiger partial charge in [-0.05, 0) is 23.9 Å². The fourth-order valence-corrected chi connectivity index (χ4v) is 4.04. The van der Waals surface area contributed by atoms with Crippen LogP contribution in [0.2, 0.25) is 0 Å². The predicted octanol–water partition coefficient (Wildman–Crippen LogP) is 4.57. The zero-order valence-electron chi connectivity index (χ0n) is 15.5. The quantitative estimate of drug-likeness (QED) is 0.452. The third-order valence-electron chi connectivity index (χ3n) is 4.68. The number of aromatic nitrogens is 4. The molecule has 4 rings (SSSR count). The molecule has 0 unspecified atom stereocenters. The Morgan fingerprint density at radius 1 is 1.11 bits per heavy atom. The zero-order valence-corrected chi connectivity index (χ0v) is 16.3. The Balaban J connectivity index is 1.49. The number of benzene rings is 1. The SMILES string of the molecule is Fc1ccccc1CN(CCCn1ccnc1)Cc1cn[nH]c1-c1cccs1. The van der Waals surface area contributed by atoms with Crippen LogP contribution in [-0.2, 0) is 19.6 Å². The first kappa shape index (κ1) is 18.6. The van der Waals surface area contributed by atoms with E-state index in [2.05, 4.69) is 36.1 Å². The summed E-state index contributed by atoms with van der Waals surface area (Å²) < 4.78 is 16.3. The zero-order chi connectivity index (χ0) is 19.2. The molecule has 0 fully saturated rings. The smallest absolute Gasteiger partial charge is 0.127 e. The minimum Gasteiger partial charge on any atom is -0.337 e. The molecule has 28 heavy (non-hydrogen) atoms. The summed E-state index contributed by atoms with van der Waals surface area (Å²) in [5.41, 5.74) is 2.89. The molecule has 0 saturated carbocycles. The van der Waals surface area contributed by atoms with Crippen molar-refractivity contribution in [3.63, 3.8) is 0 Å². The topological polar surface area (TPSA) is 49.7 Å². The number of rotatable bonds is 9. The van der Waals surface area contributed by atoms with Crippen LogP contribution in [0.15, 0.2) is 66.7 Å². The van der Waals surface area contributed by atoms with E-state index in [0.717, 1.165) is 35.6 Å². The Morgan fingerprint density at radius 2 is 2.00 bits per heavy atom. The second kappa shape index (κ2) is 8.95. The second-order valence-corrected chi connectivity index (χ2v) is 7.65. The Morgan fingerprint density at radius 3 is 2.79 bits per heavy atom. The van der Waals surface area contributed by atoms with Crippen molar-refractivity contribution in [2.45, 2.75) is 26.1 Å². The molecular weight excluding hydrogens is 373 g/mol. The van der Waals surface area contributed by atoms with Crippen LogP contribution < -0.4 is 0 Å². The number of thiophene rings is 1. The standard InChI is InChI=1S/C21H22FN5S/c22-19-6-2-1-5-17(19)14-27(10-4-9-26-11-8-23-16-26)15-18-13-24-25-21(18)20-7-3-12-28-20/h1-3,5-8,11-13,16H,4,9-10,14-15H2,(H,24,25). The molecule has 0 aliphatic heterocycles.